The van der Waals surface area contributed by atoms with Crippen molar-refractivity contribution in [3.63, 3.8) is 0 Å². The number of carbonyl (C=O) groups excluding carboxylic acids is 1. The van der Waals surface area contributed by atoms with Crippen molar-refractivity contribution in [3.05, 3.63) is 53.4 Å². The molecule has 1 aliphatic rings. The van der Waals surface area contributed by atoms with Gasteiger partial charge in [0.2, 0.25) is 0 Å². The van der Waals surface area contributed by atoms with Crippen LogP contribution >= 0.6 is 0 Å². The zero-order valence-corrected chi connectivity index (χ0v) is 16.8. The lowest BCUT2D eigenvalue weighted by Crippen LogP contribution is -2.42. The maximum atomic E-state index is 14.1. The van der Waals surface area contributed by atoms with Gasteiger partial charge in [0.25, 0.3) is 18.1 Å². The van der Waals surface area contributed by atoms with Gasteiger partial charge in [-0.3, -0.25) is 4.79 Å². The molecule has 0 saturated carbocycles. The van der Waals surface area contributed by atoms with Crippen molar-refractivity contribution in [2.24, 2.45) is 5.92 Å². The Kier molecular flexibility index (Phi) is 5.94. The van der Waals surface area contributed by atoms with Crippen molar-refractivity contribution in [2.75, 3.05) is 13.1 Å². The van der Waals surface area contributed by atoms with E-state index in [1.54, 1.807) is 0 Å². The Balaban J connectivity index is 1.62. The van der Waals surface area contributed by atoms with Gasteiger partial charge in [0.05, 0.1) is 5.69 Å². The number of hydrogen-bond acceptors (Lipinski definition) is 5. The molecule has 7 nitrogen and oxygen atoms in total. The molecule has 0 spiro atoms. The zero-order chi connectivity index (χ0) is 23.0. The fraction of sp³-hybridized carbons (Fsp3) is 0.400. The van der Waals surface area contributed by atoms with Crippen LogP contribution in [0, 0.1) is 11.7 Å². The maximum absolute atomic E-state index is 14.1. The van der Waals surface area contributed by atoms with Gasteiger partial charge < -0.3 is 9.64 Å². The Morgan fingerprint density at radius 2 is 2.00 bits per heavy atom. The number of aromatic nitrogens is 4. The zero-order valence-electron chi connectivity index (χ0n) is 16.8. The molecule has 1 saturated heterocycles. The van der Waals surface area contributed by atoms with E-state index in [0.717, 1.165) is 12.1 Å². The summed E-state index contributed by atoms with van der Waals surface area (Å²) in [5, 5.41) is 4.07. The van der Waals surface area contributed by atoms with E-state index in [4.69, 9.17) is 0 Å². The van der Waals surface area contributed by atoms with Gasteiger partial charge in [-0.05, 0) is 36.6 Å². The monoisotopic (exact) mass is 455 g/mol. The van der Waals surface area contributed by atoms with E-state index in [-0.39, 0.29) is 29.7 Å². The normalized spacial score (nSPS) is 19.2. The number of benzene rings is 1. The smallest absolute Gasteiger partial charge is 0.387 e. The van der Waals surface area contributed by atoms with Crippen molar-refractivity contribution in [3.8, 4) is 5.75 Å². The first kappa shape index (κ1) is 21.9. The predicted octanol–water partition coefficient (Wildman–Crippen LogP) is 4.07. The second kappa shape index (κ2) is 8.67. The van der Waals surface area contributed by atoms with E-state index in [1.165, 1.54) is 27.9 Å². The fourth-order valence-corrected chi connectivity index (χ4v) is 3.88. The van der Waals surface area contributed by atoms with Gasteiger partial charge in [0, 0.05) is 24.6 Å². The number of alkyl halides is 4. The molecule has 2 aromatic heterocycles. The summed E-state index contributed by atoms with van der Waals surface area (Å²) in [7, 11) is 0. The molecule has 170 valence electrons. The molecule has 0 aliphatic carbocycles. The summed E-state index contributed by atoms with van der Waals surface area (Å²) in [6.45, 7) is -0.727. The first-order chi connectivity index (χ1) is 15.2. The molecule has 12 heteroatoms. The molecule has 1 unspecified atom stereocenters. The Hall–Kier alpha value is -3.31. The number of hydrogen-bond donors (Lipinski definition) is 0. The molecule has 2 atom stereocenters. The summed E-state index contributed by atoms with van der Waals surface area (Å²) in [5.74, 6) is -2.56. The van der Waals surface area contributed by atoms with Crippen molar-refractivity contribution in [1.82, 2.24) is 24.5 Å². The topological polar surface area (TPSA) is 72.6 Å². The summed E-state index contributed by atoms with van der Waals surface area (Å²) in [6, 6.07) is 4.27. The molecule has 1 aliphatic heterocycles. The van der Waals surface area contributed by atoms with Crippen LogP contribution in [0.1, 0.15) is 47.4 Å². The second-order valence-electron chi connectivity index (χ2n) is 7.53. The van der Waals surface area contributed by atoms with E-state index in [0.29, 0.717) is 18.7 Å². The van der Waals surface area contributed by atoms with Crippen molar-refractivity contribution >= 4 is 11.7 Å². The largest absolute Gasteiger partial charge is 0.432 e. The Morgan fingerprint density at radius 3 is 2.69 bits per heavy atom. The number of halogens is 5. The molecule has 0 radical (unpaired) electrons. The third kappa shape index (κ3) is 4.21. The van der Waals surface area contributed by atoms with E-state index in [2.05, 4.69) is 19.8 Å². The quantitative estimate of drug-likeness (QED) is 0.543. The number of amides is 1. The van der Waals surface area contributed by atoms with Gasteiger partial charge in [0.1, 0.15) is 12.0 Å². The molecule has 1 fully saturated rings. The highest BCUT2D eigenvalue weighted by Crippen LogP contribution is 2.34. The highest BCUT2D eigenvalue weighted by Gasteiger charge is 2.33. The van der Waals surface area contributed by atoms with Gasteiger partial charge in [0.15, 0.2) is 11.6 Å². The van der Waals surface area contributed by atoms with Crippen LogP contribution in [0.2, 0.25) is 0 Å². The molecule has 3 aromatic rings. The van der Waals surface area contributed by atoms with Gasteiger partial charge in [-0.1, -0.05) is 6.92 Å². The van der Waals surface area contributed by atoms with Crippen LogP contribution in [0.4, 0.5) is 22.0 Å². The Morgan fingerprint density at radius 1 is 1.22 bits per heavy atom. The minimum absolute atomic E-state index is 0.0259. The van der Waals surface area contributed by atoms with Gasteiger partial charge >= 0.3 is 6.61 Å². The standard InChI is InChI=1S/C20H18F5N5O2/c1-10-4-5-29(18(31)11-2-3-16(13(21)6-11)32-19(24)25)8-12(10)15-7-14(17(22)23)28-20-26-9-27-30(15)20/h2-3,6-7,9-10,12,17,19H,4-5,8H2,1H3/t10?,12-/m1/s1. The van der Waals surface area contributed by atoms with Crippen molar-refractivity contribution in [1.29, 1.82) is 0 Å². The average Bonchev–Trinajstić information content (AvgIpc) is 3.23. The van der Waals surface area contributed by atoms with Crippen LogP contribution in [0.3, 0.4) is 0 Å². The first-order valence-corrected chi connectivity index (χ1v) is 9.77. The highest BCUT2D eigenvalue weighted by atomic mass is 19.3. The maximum Gasteiger partial charge on any atom is 0.387 e. The molecule has 0 bridgehead atoms. The van der Waals surface area contributed by atoms with Crippen LogP contribution in [-0.2, 0) is 0 Å². The van der Waals surface area contributed by atoms with Gasteiger partial charge in [-0.25, -0.2) is 22.7 Å². The van der Waals surface area contributed by atoms with Crippen molar-refractivity contribution < 1.29 is 31.5 Å². The van der Waals surface area contributed by atoms with E-state index >= 15 is 0 Å². The average molecular weight is 455 g/mol. The third-order valence-electron chi connectivity index (χ3n) is 5.54. The number of piperidine rings is 1. The summed E-state index contributed by atoms with van der Waals surface area (Å²) in [5.41, 5.74) is -0.0289. The Bertz CT molecular complexity index is 1140. The number of ether oxygens (including phenoxy) is 1. The number of nitrogens with zero attached hydrogens (tertiary/aromatic N) is 5. The second-order valence-corrected chi connectivity index (χ2v) is 7.53. The first-order valence-electron chi connectivity index (χ1n) is 9.77. The van der Waals surface area contributed by atoms with E-state index in [1.807, 2.05) is 6.92 Å². The predicted molar refractivity (Wildman–Crippen MR) is 101 cm³/mol. The summed E-state index contributed by atoms with van der Waals surface area (Å²) in [4.78, 5) is 22.1. The minimum Gasteiger partial charge on any atom is -0.432 e. The summed E-state index contributed by atoms with van der Waals surface area (Å²) in [6.07, 6.45) is -1.03. The lowest BCUT2D eigenvalue weighted by atomic mass is 9.84. The van der Waals surface area contributed by atoms with Gasteiger partial charge in [-0.2, -0.15) is 18.9 Å². The molecular weight excluding hydrogens is 437 g/mol. The molecule has 0 N–H and O–H groups in total. The van der Waals surface area contributed by atoms with E-state index < -0.39 is 36.2 Å². The molecule has 1 amide bonds. The minimum atomic E-state index is -3.19. The van der Waals surface area contributed by atoms with Crippen LogP contribution in [0.25, 0.3) is 5.78 Å². The van der Waals surface area contributed by atoms with Crippen LogP contribution in [0.15, 0.2) is 30.6 Å². The number of fused-ring (bicyclic) bond motifs is 1. The van der Waals surface area contributed by atoms with Gasteiger partial charge in [-0.15, -0.1) is 0 Å². The lowest BCUT2D eigenvalue weighted by molar-refractivity contribution is -0.0521. The lowest BCUT2D eigenvalue weighted by Gasteiger charge is -2.37. The molecule has 32 heavy (non-hydrogen) atoms. The Labute approximate surface area is 178 Å². The third-order valence-corrected chi connectivity index (χ3v) is 5.54. The van der Waals surface area contributed by atoms with E-state index in [9.17, 15) is 26.7 Å². The number of carbonyl (C=O) groups is 1. The molecule has 3 heterocycles. The highest BCUT2D eigenvalue weighted by molar-refractivity contribution is 5.94. The van der Waals surface area contributed by atoms with Crippen molar-refractivity contribution in [2.45, 2.75) is 32.3 Å². The molecule has 4 rings (SSSR count). The van der Waals surface area contributed by atoms with Crippen LogP contribution in [-0.4, -0.2) is 50.1 Å². The van der Waals surface area contributed by atoms with Crippen LogP contribution in [0.5, 0.6) is 5.75 Å². The fourth-order valence-electron chi connectivity index (χ4n) is 3.88. The molecular formula is C20H18F5N5O2. The summed E-state index contributed by atoms with van der Waals surface area (Å²) >= 11 is 0. The summed E-state index contributed by atoms with van der Waals surface area (Å²) < 4.78 is 70.9. The number of rotatable bonds is 5. The molecule has 1 aromatic carbocycles. The van der Waals surface area contributed by atoms with Crippen LogP contribution < -0.4 is 4.74 Å². The SMILES string of the molecule is CC1CCN(C(=O)c2ccc(OC(F)F)c(F)c2)C[C@H]1c1cc(C(F)F)nc2ncnn12. The number of likely N-dealkylation sites (tertiary alicyclic amines) is 1.